The number of hydrogen-bond acceptors (Lipinski definition) is 5. The molecular weight excluding hydrogens is 356 g/mol. The quantitative estimate of drug-likeness (QED) is 0.536. The largest absolute Gasteiger partial charge is 0.484 e. The van der Waals surface area contributed by atoms with E-state index in [-0.39, 0.29) is 23.5 Å². The second-order valence-corrected chi connectivity index (χ2v) is 8.00. The number of sulfonamides is 1. The minimum atomic E-state index is -3.51. The fraction of sp³-hybridized carbons (Fsp3) is 0.611. The number of aryl methyl sites for hydroxylation is 1. The summed E-state index contributed by atoms with van der Waals surface area (Å²) in [5.74, 6) is 0.257. The highest BCUT2D eigenvalue weighted by atomic mass is 32.2. The molecule has 148 valence electrons. The van der Waals surface area contributed by atoms with Crippen molar-refractivity contribution in [2.45, 2.75) is 51.5 Å². The molecule has 1 amide bonds. The molecule has 1 aromatic carbocycles. The van der Waals surface area contributed by atoms with Crippen LogP contribution in [0.5, 0.6) is 5.75 Å². The van der Waals surface area contributed by atoms with Gasteiger partial charge in [-0.05, 0) is 57.4 Å². The van der Waals surface area contributed by atoms with Crippen molar-refractivity contribution in [1.29, 1.82) is 0 Å². The maximum absolute atomic E-state index is 12.1. The topological polar surface area (TPSA) is 93.7 Å². The number of carbonyl (C=O) groups excluding carboxylic acids is 1. The summed E-state index contributed by atoms with van der Waals surface area (Å²) in [6.45, 7) is 8.96. The van der Waals surface area contributed by atoms with Crippen LogP contribution in [0.15, 0.2) is 23.1 Å². The normalized spacial score (nSPS) is 11.6. The van der Waals surface area contributed by atoms with E-state index in [9.17, 15) is 13.2 Å². The van der Waals surface area contributed by atoms with Gasteiger partial charge >= 0.3 is 0 Å². The lowest BCUT2D eigenvalue weighted by Crippen LogP contribution is -2.30. The van der Waals surface area contributed by atoms with Gasteiger partial charge in [-0.15, -0.1) is 0 Å². The molecule has 0 fully saturated rings. The van der Waals surface area contributed by atoms with E-state index in [1.165, 1.54) is 12.1 Å². The number of rotatable bonds is 12. The van der Waals surface area contributed by atoms with Gasteiger partial charge in [-0.25, -0.2) is 13.1 Å². The highest BCUT2D eigenvalue weighted by Gasteiger charge is 2.15. The van der Waals surface area contributed by atoms with Crippen LogP contribution in [0.2, 0.25) is 0 Å². The minimum Gasteiger partial charge on any atom is -0.484 e. The average molecular weight is 387 g/mol. The third-order valence-electron chi connectivity index (χ3n) is 3.45. The number of hydrogen-bond donors (Lipinski definition) is 2. The van der Waals surface area contributed by atoms with E-state index >= 15 is 0 Å². The SMILES string of the molecule is CCCNS(=O)(=O)c1ccc(OCC(=O)NCCCOC(C)C)c(C)c1. The van der Waals surface area contributed by atoms with Gasteiger partial charge in [0.1, 0.15) is 5.75 Å². The van der Waals surface area contributed by atoms with Gasteiger partial charge in [-0.2, -0.15) is 0 Å². The van der Waals surface area contributed by atoms with E-state index in [1.54, 1.807) is 13.0 Å². The van der Waals surface area contributed by atoms with E-state index in [4.69, 9.17) is 9.47 Å². The van der Waals surface area contributed by atoms with Gasteiger partial charge in [-0.1, -0.05) is 6.92 Å². The van der Waals surface area contributed by atoms with Gasteiger partial charge < -0.3 is 14.8 Å². The highest BCUT2D eigenvalue weighted by molar-refractivity contribution is 7.89. The molecule has 0 aliphatic carbocycles. The Morgan fingerprint density at radius 3 is 2.58 bits per heavy atom. The average Bonchev–Trinajstić information content (AvgIpc) is 2.58. The van der Waals surface area contributed by atoms with Gasteiger partial charge in [0.2, 0.25) is 10.0 Å². The van der Waals surface area contributed by atoms with E-state index in [0.29, 0.717) is 31.0 Å². The summed E-state index contributed by atoms with van der Waals surface area (Å²) in [5, 5.41) is 2.76. The molecule has 1 rings (SSSR count). The molecule has 0 unspecified atom stereocenters. The second-order valence-electron chi connectivity index (χ2n) is 6.24. The first kappa shape index (κ1) is 22.4. The van der Waals surface area contributed by atoms with Gasteiger partial charge in [-0.3, -0.25) is 4.79 Å². The summed E-state index contributed by atoms with van der Waals surface area (Å²) < 4.78 is 37.6. The molecule has 0 atom stereocenters. The number of benzene rings is 1. The van der Waals surface area contributed by atoms with E-state index in [1.807, 2.05) is 20.8 Å². The summed E-state index contributed by atoms with van der Waals surface area (Å²) in [4.78, 5) is 12.0. The Morgan fingerprint density at radius 1 is 1.23 bits per heavy atom. The van der Waals surface area contributed by atoms with Crippen LogP contribution >= 0.6 is 0 Å². The molecule has 0 heterocycles. The summed E-state index contributed by atoms with van der Waals surface area (Å²) in [6, 6.07) is 4.58. The van der Waals surface area contributed by atoms with Crippen molar-refractivity contribution in [2.75, 3.05) is 26.3 Å². The first-order valence-electron chi connectivity index (χ1n) is 8.87. The highest BCUT2D eigenvalue weighted by Crippen LogP contribution is 2.21. The van der Waals surface area contributed by atoms with Crippen LogP contribution in [-0.4, -0.2) is 46.7 Å². The molecule has 0 spiro atoms. The Kier molecular flexibility index (Phi) is 9.61. The lowest BCUT2D eigenvalue weighted by Gasteiger charge is -2.12. The molecule has 26 heavy (non-hydrogen) atoms. The van der Waals surface area contributed by atoms with Crippen molar-refractivity contribution in [3.8, 4) is 5.75 Å². The van der Waals surface area contributed by atoms with Crippen LogP contribution in [-0.2, 0) is 19.6 Å². The molecule has 0 saturated heterocycles. The van der Waals surface area contributed by atoms with Crippen molar-refractivity contribution < 1.29 is 22.7 Å². The van der Waals surface area contributed by atoms with E-state index in [2.05, 4.69) is 10.0 Å². The fourth-order valence-electron chi connectivity index (χ4n) is 2.08. The van der Waals surface area contributed by atoms with Crippen molar-refractivity contribution in [3.63, 3.8) is 0 Å². The fourth-order valence-corrected chi connectivity index (χ4v) is 3.30. The molecular formula is C18H30N2O5S. The van der Waals surface area contributed by atoms with Crippen molar-refractivity contribution in [1.82, 2.24) is 10.0 Å². The minimum absolute atomic E-state index is 0.119. The first-order valence-corrected chi connectivity index (χ1v) is 10.4. The maximum Gasteiger partial charge on any atom is 0.257 e. The van der Waals surface area contributed by atoms with Crippen LogP contribution in [0.4, 0.5) is 0 Å². The third kappa shape index (κ3) is 8.16. The monoisotopic (exact) mass is 386 g/mol. The second kappa shape index (κ2) is 11.2. The Hall–Kier alpha value is -1.64. The molecule has 0 radical (unpaired) electrons. The zero-order valence-corrected chi connectivity index (χ0v) is 16.8. The van der Waals surface area contributed by atoms with Crippen LogP contribution < -0.4 is 14.8 Å². The zero-order valence-electron chi connectivity index (χ0n) is 16.0. The predicted octanol–water partition coefficient (Wildman–Crippen LogP) is 1.99. The smallest absolute Gasteiger partial charge is 0.257 e. The molecule has 0 aromatic heterocycles. The predicted molar refractivity (Wildman–Crippen MR) is 101 cm³/mol. The van der Waals surface area contributed by atoms with Crippen LogP contribution in [0.25, 0.3) is 0 Å². The summed E-state index contributed by atoms with van der Waals surface area (Å²) in [7, 11) is -3.51. The van der Waals surface area contributed by atoms with E-state index < -0.39 is 10.0 Å². The molecule has 1 aromatic rings. The van der Waals surface area contributed by atoms with Crippen molar-refractivity contribution in [3.05, 3.63) is 23.8 Å². The number of amides is 1. The Morgan fingerprint density at radius 2 is 1.96 bits per heavy atom. The zero-order chi connectivity index (χ0) is 19.6. The Balaban J connectivity index is 2.47. The van der Waals surface area contributed by atoms with Gasteiger partial charge in [0.15, 0.2) is 6.61 Å². The molecule has 7 nitrogen and oxygen atoms in total. The number of nitrogens with one attached hydrogen (secondary N) is 2. The first-order chi connectivity index (χ1) is 12.3. The Bertz CT molecular complexity index is 674. The van der Waals surface area contributed by atoms with Crippen LogP contribution in [0.3, 0.4) is 0 Å². The molecule has 2 N–H and O–H groups in total. The number of carbonyl (C=O) groups is 1. The van der Waals surface area contributed by atoms with Crippen molar-refractivity contribution >= 4 is 15.9 Å². The third-order valence-corrected chi connectivity index (χ3v) is 4.91. The summed E-state index contributed by atoms with van der Waals surface area (Å²) in [5.41, 5.74) is 0.655. The summed E-state index contributed by atoms with van der Waals surface area (Å²) in [6.07, 6.45) is 1.64. The molecule has 8 heteroatoms. The lowest BCUT2D eigenvalue weighted by atomic mass is 10.2. The molecule has 0 saturated carbocycles. The van der Waals surface area contributed by atoms with Gasteiger partial charge in [0.25, 0.3) is 5.91 Å². The lowest BCUT2D eigenvalue weighted by molar-refractivity contribution is -0.123. The standard InChI is InChI=1S/C18H30N2O5S/c1-5-9-20-26(22,23)16-7-8-17(15(4)12-16)25-13-18(21)19-10-6-11-24-14(2)3/h7-8,12,14,20H,5-6,9-11,13H2,1-4H3,(H,19,21). The van der Waals surface area contributed by atoms with Gasteiger partial charge in [0.05, 0.1) is 11.0 Å². The molecule has 0 aliphatic rings. The van der Waals surface area contributed by atoms with Crippen LogP contribution in [0, 0.1) is 6.92 Å². The van der Waals surface area contributed by atoms with Crippen LogP contribution in [0.1, 0.15) is 39.2 Å². The van der Waals surface area contributed by atoms with Crippen molar-refractivity contribution in [2.24, 2.45) is 0 Å². The summed E-state index contributed by atoms with van der Waals surface area (Å²) >= 11 is 0. The Labute approximate surface area is 156 Å². The van der Waals surface area contributed by atoms with Gasteiger partial charge in [0, 0.05) is 19.7 Å². The number of ether oxygens (including phenoxy) is 2. The molecule has 0 bridgehead atoms. The van der Waals surface area contributed by atoms with E-state index in [0.717, 1.165) is 12.8 Å². The maximum atomic E-state index is 12.1. The molecule has 0 aliphatic heterocycles.